The van der Waals surface area contributed by atoms with Gasteiger partial charge in [0.05, 0.1) is 5.56 Å². The molecule has 0 amide bonds. The molecule has 0 unspecified atom stereocenters. The van der Waals surface area contributed by atoms with E-state index in [4.69, 9.17) is 11.0 Å². The molecule has 0 radical (unpaired) electrons. The van der Waals surface area contributed by atoms with Gasteiger partial charge in [0.1, 0.15) is 11.9 Å². The van der Waals surface area contributed by atoms with Crippen LogP contribution in [0.3, 0.4) is 0 Å². The molecule has 2 heterocycles. The Labute approximate surface area is 83.0 Å². The predicted octanol–water partition coefficient (Wildman–Crippen LogP) is 0.491. The largest absolute Gasteiger partial charge is 0.355 e. The lowest BCUT2D eigenvalue weighted by Crippen LogP contribution is -2.26. The van der Waals surface area contributed by atoms with Gasteiger partial charge < -0.3 is 10.6 Å². The molecule has 1 aromatic heterocycles. The molecular weight excluding hydrogens is 176 g/mol. The van der Waals surface area contributed by atoms with E-state index in [9.17, 15) is 0 Å². The van der Waals surface area contributed by atoms with E-state index >= 15 is 0 Å². The number of nitrogens with two attached hydrogens (primary N) is 1. The van der Waals surface area contributed by atoms with E-state index in [1.807, 2.05) is 12.1 Å². The maximum Gasteiger partial charge on any atom is 0.128 e. The number of pyridine rings is 1. The maximum atomic E-state index is 8.61. The van der Waals surface area contributed by atoms with Crippen molar-refractivity contribution in [2.75, 3.05) is 18.0 Å². The van der Waals surface area contributed by atoms with E-state index in [0.29, 0.717) is 5.56 Å². The Hall–Kier alpha value is -1.60. The molecule has 1 aromatic rings. The van der Waals surface area contributed by atoms with Gasteiger partial charge in [0, 0.05) is 25.3 Å². The zero-order valence-electron chi connectivity index (χ0n) is 7.85. The van der Waals surface area contributed by atoms with E-state index in [0.717, 1.165) is 25.3 Å². The van der Waals surface area contributed by atoms with Crippen LogP contribution in [-0.2, 0) is 0 Å². The lowest BCUT2D eigenvalue weighted by molar-refractivity contribution is 0.751. The first-order valence-electron chi connectivity index (χ1n) is 4.66. The predicted molar refractivity (Wildman–Crippen MR) is 53.8 cm³/mol. The van der Waals surface area contributed by atoms with E-state index < -0.39 is 0 Å². The van der Waals surface area contributed by atoms with Crippen LogP contribution in [0.5, 0.6) is 0 Å². The molecule has 1 fully saturated rings. The summed E-state index contributed by atoms with van der Waals surface area (Å²) < 4.78 is 0. The summed E-state index contributed by atoms with van der Waals surface area (Å²) in [5, 5.41) is 8.61. The number of anilines is 1. The molecule has 1 saturated heterocycles. The third kappa shape index (κ3) is 1.68. The van der Waals surface area contributed by atoms with E-state index in [1.165, 1.54) is 0 Å². The Morgan fingerprint density at radius 1 is 1.57 bits per heavy atom. The van der Waals surface area contributed by atoms with E-state index in [-0.39, 0.29) is 6.04 Å². The van der Waals surface area contributed by atoms with Crippen molar-refractivity contribution in [2.45, 2.75) is 12.5 Å². The molecule has 2 N–H and O–H groups in total. The molecule has 0 aliphatic carbocycles. The summed E-state index contributed by atoms with van der Waals surface area (Å²) in [4.78, 5) is 6.36. The quantitative estimate of drug-likeness (QED) is 0.696. The fourth-order valence-electron chi connectivity index (χ4n) is 1.63. The Morgan fingerprint density at radius 2 is 2.43 bits per heavy atom. The van der Waals surface area contributed by atoms with Crippen LogP contribution in [0, 0.1) is 11.3 Å². The highest BCUT2D eigenvalue weighted by atomic mass is 15.2. The van der Waals surface area contributed by atoms with Gasteiger partial charge in [-0.1, -0.05) is 0 Å². The van der Waals surface area contributed by atoms with Crippen LogP contribution < -0.4 is 10.6 Å². The molecule has 2 rings (SSSR count). The van der Waals surface area contributed by atoms with Crippen molar-refractivity contribution >= 4 is 5.82 Å². The zero-order valence-corrected chi connectivity index (χ0v) is 7.85. The van der Waals surface area contributed by atoms with E-state index in [2.05, 4.69) is 9.88 Å². The van der Waals surface area contributed by atoms with Crippen molar-refractivity contribution in [3.05, 3.63) is 23.9 Å². The second kappa shape index (κ2) is 3.64. The number of nitrogens with zero attached hydrogens (tertiary/aromatic N) is 3. The normalized spacial score (nSPS) is 20.9. The van der Waals surface area contributed by atoms with Crippen LogP contribution in [0.2, 0.25) is 0 Å². The highest BCUT2D eigenvalue weighted by molar-refractivity contribution is 5.43. The summed E-state index contributed by atoms with van der Waals surface area (Å²) in [6.07, 6.45) is 2.61. The first-order chi connectivity index (χ1) is 6.79. The van der Waals surface area contributed by atoms with Crippen LogP contribution in [0.4, 0.5) is 5.82 Å². The smallest absolute Gasteiger partial charge is 0.128 e. The van der Waals surface area contributed by atoms with Gasteiger partial charge in [-0.05, 0) is 18.6 Å². The minimum atomic E-state index is 0.257. The molecule has 1 atom stereocenters. The average molecular weight is 188 g/mol. The maximum absolute atomic E-state index is 8.61. The Balaban J connectivity index is 2.14. The Kier molecular flexibility index (Phi) is 2.33. The van der Waals surface area contributed by atoms with Crippen molar-refractivity contribution in [3.63, 3.8) is 0 Å². The van der Waals surface area contributed by atoms with Gasteiger partial charge >= 0.3 is 0 Å². The molecule has 0 saturated carbocycles. The molecule has 1 aliphatic heterocycles. The molecule has 0 bridgehead atoms. The van der Waals surface area contributed by atoms with Gasteiger partial charge in [0.2, 0.25) is 0 Å². The zero-order chi connectivity index (χ0) is 9.97. The summed E-state index contributed by atoms with van der Waals surface area (Å²) in [7, 11) is 0. The Morgan fingerprint density at radius 3 is 2.93 bits per heavy atom. The van der Waals surface area contributed by atoms with Crippen molar-refractivity contribution < 1.29 is 0 Å². The molecule has 72 valence electrons. The van der Waals surface area contributed by atoms with Crippen molar-refractivity contribution in [2.24, 2.45) is 5.73 Å². The fraction of sp³-hybridized carbons (Fsp3) is 0.400. The second-order valence-electron chi connectivity index (χ2n) is 3.51. The minimum absolute atomic E-state index is 0.257. The monoisotopic (exact) mass is 188 g/mol. The van der Waals surface area contributed by atoms with Gasteiger partial charge in [0.15, 0.2) is 0 Å². The molecule has 0 spiro atoms. The molecule has 1 aliphatic rings. The van der Waals surface area contributed by atoms with Gasteiger partial charge in [-0.25, -0.2) is 4.98 Å². The number of hydrogen-bond acceptors (Lipinski definition) is 4. The SMILES string of the molecule is N#Cc1ccc(N2CC[C@H](N)C2)nc1. The first-order valence-corrected chi connectivity index (χ1v) is 4.66. The number of hydrogen-bond donors (Lipinski definition) is 1. The summed E-state index contributed by atoms with van der Waals surface area (Å²) in [5.74, 6) is 0.914. The standard InChI is InChI=1S/C10H12N4/c11-5-8-1-2-10(13-6-8)14-4-3-9(12)7-14/h1-2,6,9H,3-4,7,12H2/t9-/m0/s1. The number of aromatic nitrogens is 1. The highest BCUT2D eigenvalue weighted by Crippen LogP contribution is 2.16. The lowest BCUT2D eigenvalue weighted by Gasteiger charge is -2.16. The fourth-order valence-corrected chi connectivity index (χ4v) is 1.63. The van der Waals surface area contributed by atoms with Crippen LogP contribution in [0.1, 0.15) is 12.0 Å². The second-order valence-corrected chi connectivity index (χ2v) is 3.51. The van der Waals surface area contributed by atoms with Crippen molar-refractivity contribution in [3.8, 4) is 6.07 Å². The minimum Gasteiger partial charge on any atom is -0.355 e. The van der Waals surface area contributed by atoms with Crippen LogP contribution in [0.15, 0.2) is 18.3 Å². The lowest BCUT2D eigenvalue weighted by atomic mass is 10.3. The third-order valence-corrected chi connectivity index (χ3v) is 2.43. The third-order valence-electron chi connectivity index (χ3n) is 2.43. The van der Waals surface area contributed by atoms with E-state index in [1.54, 1.807) is 12.3 Å². The first kappa shape index (κ1) is 8.97. The van der Waals surface area contributed by atoms with Crippen molar-refractivity contribution in [1.82, 2.24) is 4.98 Å². The summed E-state index contributed by atoms with van der Waals surface area (Å²) in [5.41, 5.74) is 6.39. The van der Waals surface area contributed by atoms with Gasteiger partial charge in [-0.2, -0.15) is 5.26 Å². The Bertz CT molecular complexity index is 351. The van der Waals surface area contributed by atoms with Crippen LogP contribution in [-0.4, -0.2) is 24.1 Å². The topological polar surface area (TPSA) is 65.9 Å². The molecule has 0 aromatic carbocycles. The molecule has 4 heteroatoms. The number of rotatable bonds is 1. The molecular formula is C10H12N4. The van der Waals surface area contributed by atoms with Gasteiger partial charge in [-0.15, -0.1) is 0 Å². The van der Waals surface area contributed by atoms with Gasteiger partial charge in [-0.3, -0.25) is 0 Å². The molecule has 14 heavy (non-hydrogen) atoms. The molecule has 4 nitrogen and oxygen atoms in total. The summed E-state index contributed by atoms with van der Waals surface area (Å²) in [6, 6.07) is 5.96. The summed E-state index contributed by atoms with van der Waals surface area (Å²) in [6.45, 7) is 1.82. The van der Waals surface area contributed by atoms with Crippen LogP contribution in [0.25, 0.3) is 0 Å². The van der Waals surface area contributed by atoms with Crippen molar-refractivity contribution in [1.29, 1.82) is 5.26 Å². The van der Waals surface area contributed by atoms with Gasteiger partial charge in [0.25, 0.3) is 0 Å². The summed E-state index contributed by atoms with van der Waals surface area (Å²) >= 11 is 0. The highest BCUT2D eigenvalue weighted by Gasteiger charge is 2.19. The number of nitriles is 1. The average Bonchev–Trinajstić information content (AvgIpc) is 2.65. The van der Waals surface area contributed by atoms with Crippen LogP contribution >= 0.6 is 0 Å².